The highest BCUT2D eigenvalue weighted by Gasteiger charge is 2.04. The third-order valence-corrected chi connectivity index (χ3v) is 3.88. The van der Waals surface area contributed by atoms with Crippen LogP contribution >= 0.6 is 11.8 Å². The summed E-state index contributed by atoms with van der Waals surface area (Å²) in [5.74, 6) is 0. The van der Waals surface area contributed by atoms with Crippen molar-refractivity contribution in [2.24, 2.45) is 5.73 Å². The molecule has 1 atom stereocenters. The summed E-state index contributed by atoms with van der Waals surface area (Å²) in [5.41, 5.74) is 7.87. The van der Waals surface area contributed by atoms with Gasteiger partial charge in [0.25, 0.3) is 0 Å². The number of fused-ring (bicyclic) bond motifs is 1. The number of nitrogens with zero attached hydrogens (tertiary/aromatic N) is 1. The van der Waals surface area contributed by atoms with Crippen LogP contribution in [0.2, 0.25) is 0 Å². The summed E-state index contributed by atoms with van der Waals surface area (Å²) in [5, 5.41) is 2.35. The molecule has 0 spiro atoms. The Bertz CT molecular complexity index is 653. The van der Waals surface area contributed by atoms with Gasteiger partial charge in [-0.3, -0.25) is 4.98 Å². The lowest BCUT2D eigenvalue weighted by Gasteiger charge is -2.04. The van der Waals surface area contributed by atoms with Crippen molar-refractivity contribution in [3.63, 3.8) is 0 Å². The van der Waals surface area contributed by atoms with Crippen LogP contribution in [0.1, 0.15) is 18.7 Å². The number of hydrogen-bond donors (Lipinski definition) is 2. The summed E-state index contributed by atoms with van der Waals surface area (Å²) in [6, 6.07) is 14.4. The lowest BCUT2D eigenvalue weighted by Crippen LogP contribution is -2.06. The zero-order chi connectivity index (χ0) is 13.2. The summed E-state index contributed by atoms with van der Waals surface area (Å²) in [6.07, 6.45) is 1.87. The summed E-state index contributed by atoms with van der Waals surface area (Å²) < 4.78 is 0. The lowest BCUT2D eigenvalue weighted by atomic mass is 10.2. The Hall–Kier alpha value is -1.78. The second kappa shape index (κ2) is 5.07. The number of aromatic nitrogens is 2. The highest BCUT2D eigenvalue weighted by Crippen LogP contribution is 2.29. The van der Waals surface area contributed by atoms with Crippen molar-refractivity contribution in [1.29, 1.82) is 0 Å². The van der Waals surface area contributed by atoms with Gasteiger partial charge in [0, 0.05) is 28.0 Å². The van der Waals surface area contributed by atoms with E-state index in [0.29, 0.717) is 0 Å². The Balaban J connectivity index is 1.84. The molecule has 3 nitrogen and oxygen atoms in total. The maximum atomic E-state index is 5.79. The molecule has 0 aliphatic heterocycles. The van der Waals surface area contributed by atoms with Gasteiger partial charge in [-0.15, -0.1) is 0 Å². The van der Waals surface area contributed by atoms with Gasteiger partial charge in [0.15, 0.2) is 0 Å². The molecule has 4 heteroatoms. The third kappa shape index (κ3) is 2.64. The molecule has 0 radical (unpaired) electrons. The second-order valence-corrected chi connectivity index (χ2v) is 5.65. The van der Waals surface area contributed by atoms with Crippen LogP contribution in [0.15, 0.2) is 58.6 Å². The number of H-pyrrole nitrogens is 1. The smallest absolute Gasteiger partial charge is 0.0781 e. The van der Waals surface area contributed by atoms with Crippen molar-refractivity contribution < 1.29 is 0 Å². The fourth-order valence-corrected chi connectivity index (χ4v) is 2.79. The first-order valence-electron chi connectivity index (χ1n) is 6.19. The van der Waals surface area contributed by atoms with Gasteiger partial charge in [0.2, 0.25) is 0 Å². The summed E-state index contributed by atoms with van der Waals surface area (Å²) in [7, 11) is 0. The quantitative estimate of drug-likeness (QED) is 0.761. The molecule has 0 saturated carbocycles. The Morgan fingerprint density at radius 3 is 2.74 bits per heavy atom. The van der Waals surface area contributed by atoms with E-state index < -0.39 is 0 Å². The van der Waals surface area contributed by atoms with Crippen LogP contribution in [-0.2, 0) is 0 Å². The van der Waals surface area contributed by atoms with Crippen molar-refractivity contribution in [3.8, 4) is 0 Å². The van der Waals surface area contributed by atoms with Gasteiger partial charge in [-0.1, -0.05) is 30.0 Å². The minimum atomic E-state index is -0.0212. The van der Waals surface area contributed by atoms with Crippen LogP contribution in [0, 0.1) is 0 Å². The molecule has 0 aliphatic carbocycles. The van der Waals surface area contributed by atoms with E-state index in [0.717, 1.165) is 21.1 Å². The molecule has 3 N–H and O–H groups in total. The van der Waals surface area contributed by atoms with E-state index in [1.54, 1.807) is 11.8 Å². The Kier molecular flexibility index (Phi) is 3.27. The lowest BCUT2D eigenvalue weighted by molar-refractivity contribution is 0.777. The van der Waals surface area contributed by atoms with Crippen molar-refractivity contribution in [2.75, 3.05) is 0 Å². The molecular formula is C15H15N3S. The zero-order valence-electron chi connectivity index (χ0n) is 10.6. The van der Waals surface area contributed by atoms with Gasteiger partial charge in [0.1, 0.15) is 0 Å². The number of hydrogen-bond acceptors (Lipinski definition) is 3. The normalized spacial score (nSPS) is 12.7. The van der Waals surface area contributed by atoms with Gasteiger partial charge in [-0.2, -0.15) is 0 Å². The molecule has 2 heterocycles. The molecular weight excluding hydrogens is 254 g/mol. The molecule has 3 rings (SSSR count). The molecule has 0 aliphatic rings. The minimum absolute atomic E-state index is 0.0212. The van der Waals surface area contributed by atoms with E-state index in [4.69, 9.17) is 5.73 Å². The standard InChI is InChI=1S/C15H15N3S/c1-10(16)13-7-6-12(9-17-13)19-15-8-11-4-2-3-5-14(11)18-15/h2-10,18H,16H2,1H3/t10-/m0/s1. The van der Waals surface area contributed by atoms with Gasteiger partial charge >= 0.3 is 0 Å². The predicted octanol–water partition coefficient (Wildman–Crippen LogP) is 3.73. The van der Waals surface area contributed by atoms with Gasteiger partial charge in [0.05, 0.1) is 10.7 Å². The van der Waals surface area contributed by atoms with Gasteiger partial charge < -0.3 is 10.7 Å². The molecule has 0 amide bonds. The number of nitrogens with one attached hydrogen (secondary N) is 1. The van der Waals surface area contributed by atoms with Crippen LogP contribution in [0.4, 0.5) is 0 Å². The average molecular weight is 269 g/mol. The van der Waals surface area contributed by atoms with E-state index in [1.807, 2.05) is 31.3 Å². The predicted molar refractivity (Wildman–Crippen MR) is 79.3 cm³/mol. The number of benzene rings is 1. The fraction of sp³-hybridized carbons (Fsp3) is 0.133. The number of pyridine rings is 1. The molecule has 19 heavy (non-hydrogen) atoms. The largest absolute Gasteiger partial charge is 0.349 e. The second-order valence-electron chi connectivity index (χ2n) is 4.53. The van der Waals surface area contributed by atoms with Crippen molar-refractivity contribution in [1.82, 2.24) is 9.97 Å². The first kappa shape index (κ1) is 12.3. The van der Waals surface area contributed by atoms with E-state index in [2.05, 4.69) is 34.2 Å². The van der Waals surface area contributed by atoms with Gasteiger partial charge in [-0.25, -0.2) is 0 Å². The highest BCUT2D eigenvalue weighted by molar-refractivity contribution is 7.99. The monoisotopic (exact) mass is 269 g/mol. The summed E-state index contributed by atoms with van der Waals surface area (Å²) >= 11 is 1.67. The fourth-order valence-electron chi connectivity index (χ4n) is 1.95. The topological polar surface area (TPSA) is 54.7 Å². The molecule has 96 valence electrons. The van der Waals surface area contributed by atoms with E-state index >= 15 is 0 Å². The minimum Gasteiger partial charge on any atom is -0.349 e. The van der Waals surface area contributed by atoms with E-state index in [1.165, 1.54) is 5.39 Å². The molecule has 0 fully saturated rings. The Morgan fingerprint density at radius 2 is 2.05 bits per heavy atom. The van der Waals surface area contributed by atoms with Crippen LogP contribution < -0.4 is 5.73 Å². The number of rotatable bonds is 3. The van der Waals surface area contributed by atoms with E-state index in [-0.39, 0.29) is 6.04 Å². The van der Waals surface area contributed by atoms with Gasteiger partial charge in [-0.05, 0) is 31.2 Å². The molecule has 1 aromatic carbocycles. The molecule has 0 unspecified atom stereocenters. The Morgan fingerprint density at radius 1 is 1.21 bits per heavy atom. The highest BCUT2D eigenvalue weighted by atomic mass is 32.2. The molecule has 0 saturated heterocycles. The third-order valence-electron chi connectivity index (χ3n) is 2.96. The Labute approximate surface area is 116 Å². The molecule has 0 bridgehead atoms. The zero-order valence-corrected chi connectivity index (χ0v) is 11.4. The van der Waals surface area contributed by atoms with E-state index in [9.17, 15) is 0 Å². The summed E-state index contributed by atoms with van der Waals surface area (Å²) in [6.45, 7) is 1.94. The first-order chi connectivity index (χ1) is 9.22. The maximum Gasteiger partial charge on any atom is 0.0781 e. The number of para-hydroxylation sites is 1. The SMILES string of the molecule is C[C@H](N)c1ccc(Sc2cc3ccccc3[nH]2)cn1. The molecule has 3 aromatic rings. The first-order valence-corrected chi connectivity index (χ1v) is 7.01. The molecule has 2 aromatic heterocycles. The summed E-state index contributed by atoms with van der Waals surface area (Å²) in [4.78, 5) is 8.87. The van der Waals surface area contributed by atoms with Crippen LogP contribution in [0.3, 0.4) is 0 Å². The van der Waals surface area contributed by atoms with Crippen molar-refractivity contribution in [3.05, 3.63) is 54.4 Å². The maximum absolute atomic E-state index is 5.79. The average Bonchev–Trinajstić information content (AvgIpc) is 2.81. The van der Waals surface area contributed by atoms with Crippen LogP contribution in [0.5, 0.6) is 0 Å². The van der Waals surface area contributed by atoms with Crippen molar-refractivity contribution >= 4 is 22.7 Å². The van der Waals surface area contributed by atoms with Crippen LogP contribution in [0.25, 0.3) is 10.9 Å². The number of aromatic amines is 1. The van der Waals surface area contributed by atoms with Crippen molar-refractivity contribution in [2.45, 2.75) is 22.9 Å². The van der Waals surface area contributed by atoms with Crippen LogP contribution in [-0.4, -0.2) is 9.97 Å². The number of nitrogens with two attached hydrogens (primary N) is 1.